The second kappa shape index (κ2) is 5.64. The van der Waals surface area contributed by atoms with Crippen molar-refractivity contribution in [2.24, 2.45) is 0 Å². The Morgan fingerprint density at radius 2 is 2.09 bits per heavy atom. The number of rotatable bonds is 3. The molecule has 0 spiro atoms. The van der Waals surface area contributed by atoms with Crippen LogP contribution in [0, 0.1) is 0 Å². The zero-order valence-electron chi connectivity index (χ0n) is 12.3. The molecule has 4 rings (SSSR count). The molecule has 3 heterocycles. The normalized spacial score (nSPS) is 13.7. The lowest BCUT2D eigenvalue weighted by Gasteiger charge is -2.15. The van der Waals surface area contributed by atoms with E-state index in [-0.39, 0.29) is 5.56 Å². The number of thiophene rings is 1. The Balaban J connectivity index is 1.84. The average Bonchev–Trinajstić information content (AvgIpc) is 3.22. The van der Waals surface area contributed by atoms with Crippen LogP contribution in [0.25, 0.3) is 16.3 Å². The molecule has 2 aromatic heterocycles. The number of carboxylic acid groups (broad SMARTS) is 1. The number of aromatic nitrogens is 2. The maximum Gasteiger partial charge on any atom is 0.335 e. The fourth-order valence-electron chi connectivity index (χ4n) is 2.92. The number of fused-ring (bicyclic) bond motifs is 1. The Morgan fingerprint density at radius 1 is 1.26 bits per heavy atom. The lowest BCUT2D eigenvalue weighted by molar-refractivity contribution is 0.0697. The van der Waals surface area contributed by atoms with Gasteiger partial charge in [-0.15, -0.1) is 11.3 Å². The van der Waals surface area contributed by atoms with Crippen LogP contribution >= 0.6 is 11.3 Å². The summed E-state index contributed by atoms with van der Waals surface area (Å²) in [6.07, 6.45) is 0.911. The highest BCUT2D eigenvalue weighted by Crippen LogP contribution is 2.32. The predicted molar refractivity (Wildman–Crippen MR) is 89.2 cm³/mol. The van der Waals surface area contributed by atoms with E-state index in [4.69, 9.17) is 10.2 Å². The van der Waals surface area contributed by atoms with Gasteiger partial charge in [0.25, 0.3) is 0 Å². The Kier molecular flexibility index (Phi) is 3.48. The van der Waals surface area contributed by atoms with Crippen molar-refractivity contribution in [1.29, 1.82) is 0 Å². The summed E-state index contributed by atoms with van der Waals surface area (Å²) in [5, 5.41) is 19.3. The molecule has 23 heavy (non-hydrogen) atoms. The zero-order chi connectivity index (χ0) is 15.8. The van der Waals surface area contributed by atoms with Crippen LogP contribution in [0.3, 0.4) is 0 Å². The van der Waals surface area contributed by atoms with Gasteiger partial charge in [0, 0.05) is 25.1 Å². The molecular formula is C17H15N3O2S. The van der Waals surface area contributed by atoms with Crippen molar-refractivity contribution >= 4 is 17.3 Å². The van der Waals surface area contributed by atoms with Crippen LogP contribution in [0.15, 0.2) is 41.8 Å². The molecule has 1 aliphatic rings. The number of aromatic carboxylic acids is 1. The second-order valence-corrected chi connectivity index (χ2v) is 6.39. The molecule has 1 aliphatic heterocycles. The minimum atomic E-state index is -0.914. The first-order chi connectivity index (χ1) is 11.2. The van der Waals surface area contributed by atoms with Gasteiger partial charge in [0.05, 0.1) is 21.8 Å². The third kappa shape index (κ3) is 2.46. The van der Waals surface area contributed by atoms with Crippen molar-refractivity contribution in [1.82, 2.24) is 15.1 Å². The van der Waals surface area contributed by atoms with Gasteiger partial charge in [-0.2, -0.15) is 5.10 Å². The van der Waals surface area contributed by atoms with Crippen molar-refractivity contribution in [2.75, 3.05) is 6.54 Å². The van der Waals surface area contributed by atoms with E-state index in [0.29, 0.717) is 0 Å². The summed E-state index contributed by atoms with van der Waals surface area (Å²) in [5.74, 6) is -0.914. The Hall–Kier alpha value is -2.44. The van der Waals surface area contributed by atoms with Gasteiger partial charge in [-0.3, -0.25) is 0 Å². The maximum atomic E-state index is 11.0. The van der Waals surface area contributed by atoms with Crippen LogP contribution in [-0.4, -0.2) is 27.4 Å². The highest BCUT2D eigenvalue weighted by molar-refractivity contribution is 7.13. The van der Waals surface area contributed by atoms with Gasteiger partial charge in [0.2, 0.25) is 0 Å². The van der Waals surface area contributed by atoms with Gasteiger partial charge < -0.3 is 10.4 Å². The zero-order valence-corrected chi connectivity index (χ0v) is 13.1. The fraction of sp³-hybridized carbons (Fsp3) is 0.176. The van der Waals surface area contributed by atoms with Crippen LogP contribution in [-0.2, 0) is 13.0 Å². The molecule has 0 saturated heterocycles. The number of carboxylic acids is 1. The summed E-state index contributed by atoms with van der Waals surface area (Å²) >= 11 is 1.68. The van der Waals surface area contributed by atoms with Gasteiger partial charge in [-0.05, 0) is 35.7 Å². The Morgan fingerprint density at radius 3 is 2.78 bits per heavy atom. The van der Waals surface area contributed by atoms with Crippen LogP contribution in [0.2, 0.25) is 0 Å². The summed E-state index contributed by atoms with van der Waals surface area (Å²) in [7, 11) is 0. The molecule has 0 saturated carbocycles. The van der Waals surface area contributed by atoms with E-state index < -0.39 is 5.97 Å². The van der Waals surface area contributed by atoms with Crippen molar-refractivity contribution in [2.45, 2.75) is 13.0 Å². The van der Waals surface area contributed by atoms with E-state index in [1.165, 1.54) is 11.3 Å². The topological polar surface area (TPSA) is 67.1 Å². The molecule has 2 N–H and O–H groups in total. The molecule has 0 bridgehead atoms. The predicted octanol–water partition coefficient (Wildman–Crippen LogP) is 2.94. The summed E-state index contributed by atoms with van der Waals surface area (Å²) in [6.45, 7) is 1.74. The lowest BCUT2D eigenvalue weighted by Crippen LogP contribution is -2.24. The monoisotopic (exact) mass is 325 g/mol. The highest BCUT2D eigenvalue weighted by Gasteiger charge is 2.22. The third-order valence-electron chi connectivity index (χ3n) is 4.04. The first-order valence-corrected chi connectivity index (χ1v) is 8.31. The van der Waals surface area contributed by atoms with Crippen molar-refractivity contribution < 1.29 is 9.90 Å². The minimum absolute atomic E-state index is 0.287. The van der Waals surface area contributed by atoms with Crippen LogP contribution in [0.1, 0.15) is 21.6 Å². The molecule has 3 aromatic rings. The third-order valence-corrected chi connectivity index (χ3v) is 4.92. The highest BCUT2D eigenvalue weighted by atomic mass is 32.1. The fourth-order valence-corrected chi connectivity index (χ4v) is 3.65. The van der Waals surface area contributed by atoms with Gasteiger partial charge >= 0.3 is 5.97 Å². The van der Waals surface area contributed by atoms with Crippen molar-refractivity contribution in [3.8, 4) is 16.3 Å². The molecule has 0 aliphatic carbocycles. The van der Waals surface area contributed by atoms with Crippen LogP contribution in [0.5, 0.6) is 0 Å². The van der Waals surface area contributed by atoms with E-state index >= 15 is 0 Å². The maximum absolute atomic E-state index is 11.0. The van der Waals surface area contributed by atoms with E-state index in [0.717, 1.165) is 35.8 Å². The van der Waals surface area contributed by atoms with Crippen molar-refractivity contribution in [3.63, 3.8) is 0 Å². The minimum Gasteiger partial charge on any atom is -0.478 e. The molecule has 1 aromatic carbocycles. The van der Waals surface area contributed by atoms with E-state index in [9.17, 15) is 4.79 Å². The smallest absolute Gasteiger partial charge is 0.335 e. The molecule has 0 radical (unpaired) electrons. The molecule has 5 nitrogen and oxygen atoms in total. The molecule has 0 unspecified atom stereocenters. The van der Waals surface area contributed by atoms with Gasteiger partial charge in [0.15, 0.2) is 0 Å². The van der Waals surface area contributed by atoms with Gasteiger partial charge in [-0.1, -0.05) is 6.07 Å². The number of hydrogen-bond donors (Lipinski definition) is 2. The first kappa shape index (κ1) is 14.2. The van der Waals surface area contributed by atoms with E-state index in [1.54, 1.807) is 23.5 Å². The van der Waals surface area contributed by atoms with Gasteiger partial charge in [-0.25, -0.2) is 9.48 Å². The van der Waals surface area contributed by atoms with E-state index in [2.05, 4.69) is 16.8 Å². The molecule has 0 amide bonds. The molecule has 116 valence electrons. The molecule has 0 fully saturated rings. The molecular weight excluding hydrogens is 310 g/mol. The van der Waals surface area contributed by atoms with Crippen LogP contribution < -0.4 is 5.32 Å². The number of carbonyl (C=O) groups is 1. The standard InChI is InChI=1S/C17H15N3O2S/c21-17(22)11-3-5-12(6-4-11)20-14-7-8-18-10-13(14)16(19-20)15-2-1-9-23-15/h1-6,9,18H,7-8,10H2,(H,21,22). The van der Waals surface area contributed by atoms with E-state index in [1.807, 2.05) is 22.9 Å². The molecule has 0 atom stereocenters. The first-order valence-electron chi connectivity index (χ1n) is 7.43. The Labute approximate surface area is 137 Å². The summed E-state index contributed by atoms with van der Waals surface area (Å²) < 4.78 is 1.96. The summed E-state index contributed by atoms with van der Waals surface area (Å²) in [4.78, 5) is 12.2. The summed E-state index contributed by atoms with van der Waals surface area (Å²) in [5.41, 5.74) is 4.65. The van der Waals surface area contributed by atoms with Gasteiger partial charge in [0.1, 0.15) is 5.69 Å². The summed E-state index contributed by atoms with van der Waals surface area (Å²) in [6, 6.07) is 11.0. The number of benzene rings is 1. The number of nitrogens with zero attached hydrogens (tertiary/aromatic N) is 2. The SMILES string of the molecule is O=C(O)c1ccc(-n2nc(-c3cccs3)c3c2CCNC3)cc1. The lowest BCUT2D eigenvalue weighted by atomic mass is 10.1. The molecule has 6 heteroatoms. The number of hydrogen-bond acceptors (Lipinski definition) is 4. The second-order valence-electron chi connectivity index (χ2n) is 5.44. The average molecular weight is 325 g/mol. The quantitative estimate of drug-likeness (QED) is 0.777. The Bertz CT molecular complexity index is 851. The number of nitrogens with one attached hydrogen (secondary N) is 1. The largest absolute Gasteiger partial charge is 0.478 e. The van der Waals surface area contributed by atoms with Crippen molar-refractivity contribution in [3.05, 3.63) is 58.6 Å². The van der Waals surface area contributed by atoms with Crippen LogP contribution in [0.4, 0.5) is 0 Å².